The molecule has 0 spiro atoms. The smallest absolute Gasteiger partial charge is 0.258 e. The molecule has 1 aromatic carbocycles. The summed E-state index contributed by atoms with van der Waals surface area (Å²) in [5.74, 6) is 1.93. The van der Waals surface area contributed by atoms with E-state index < -0.39 is 0 Å². The third kappa shape index (κ3) is 5.98. The highest BCUT2D eigenvalue weighted by molar-refractivity contribution is 5.77. The van der Waals surface area contributed by atoms with E-state index in [1.165, 1.54) is 12.8 Å². The molecule has 0 aliphatic heterocycles. The second-order valence-corrected chi connectivity index (χ2v) is 8.07. The van der Waals surface area contributed by atoms with Crippen LogP contribution in [0, 0.1) is 5.92 Å². The van der Waals surface area contributed by atoms with Gasteiger partial charge in [0.1, 0.15) is 5.75 Å². The summed E-state index contributed by atoms with van der Waals surface area (Å²) in [7, 11) is 0. The van der Waals surface area contributed by atoms with Crippen LogP contribution in [0.4, 0.5) is 0 Å². The molecule has 1 heterocycles. The molecule has 1 N–H and O–H groups in total. The molecule has 1 fully saturated rings. The highest BCUT2D eigenvalue weighted by atomic mass is 16.5. The van der Waals surface area contributed by atoms with Gasteiger partial charge in [0.05, 0.1) is 6.61 Å². The number of nitrogens with zero attached hydrogens (tertiary/aromatic N) is 1. The highest BCUT2D eigenvalue weighted by Crippen LogP contribution is 2.31. The van der Waals surface area contributed by atoms with Gasteiger partial charge in [0.15, 0.2) is 6.61 Å². The van der Waals surface area contributed by atoms with Gasteiger partial charge in [-0.15, -0.1) is 0 Å². The second kappa shape index (κ2) is 8.42. The lowest BCUT2D eigenvalue weighted by atomic mass is 9.86. The van der Waals surface area contributed by atoms with Crippen LogP contribution in [-0.2, 0) is 16.8 Å². The number of hydrogen-bond donors (Lipinski definition) is 1. The number of benzene rings is 1. The zero-order valence-electron chi connectivity index (χ0n) is 16.3. The number of pyridine rings is 1. The molecule has 27 heavy (non-hydrogen) atoms. The Morgan fingerprint density at radius 1 is 1.15 bits per heavy atom. The van der Waals surface area contributed by atoms with Crippen molar-refractivity contribution in [3.63, 3.8) is 0 Å². The Bertz CT molecular complexity index is 762. The van der Waals surface area contributed by atoms with Crippen LogP contribution in [0.1, 0.15) is 44.7 Å². The molecular weight excluding hydrogens is 340 g/mol. The maximum absolute atomic E-state index is 12.1. The van der Waals surface area contributed by atoms with Crippen molar-refractivity contribution in [3.8, 4) is 11.6 Å². The molecule has 1 aliphatic carbocycles. The molecule has 144 valence electrons. The SMILES string of the molecule is CC(C)(C)c1ccccc1OCC(=O)NCc1ccc(OCC2CC2)nc1. The number of nitrogens with one attached hydrogen (secondary N) is 1. The van der Waals surface area contributed by atoms with E-state index in [1.54, 1.807) is 6.20 Å². The standard InChI is InChI=1S/C22H28N2O3/c1-22(2,3)18-6-4-5-7-19(18)26-15-20(25)23-12-17-10-11-21(24-13-17)27-14-16-8-9-16/h4-7,10-11,13,16H,8-9,12,14-15H2,1-3H3,(H,23,25). The van der Waals surface area contributed by atoms with Gasteiger partial charge in [0.2, 0.25) is 5.88 Å². The summed E-state index contributed by atoms with van der Waals surface area (Å²) in [6.45, 7) is 7.53. The van der Waals surface area contributed by atoms with Gasteiger partial charge in [0, 0.05) is 18.8 Å². The van der Waals surface area contributed by atoms with Crippen molar-refractivity contribution in [2.24, 2.45) is 5.92 Å². The number of aromatic nitrogens is 1. The molecular formula is C22H28N2O3. The van der Waals surface area contributed by atoms with E-state index in [2.05, 4.69) is 31.1 Å². The van der Waals surface area contributed by atoms with Gasteiger partial charge in [0.25, 0.3) is 5.91 Å². The molecule has 5 heteroatoms. The van der Waals surface area contributed by atoms with Gasteiger partial charge < -0.3 is 14.8 Å². The molecule has 1 aromatic heterocycles. The van der Waals surface area contributed by atoms with Gasteiger partial charge in [-0.1, -0.05) is 45.0 Å². The van der Waals surface area contributed by atoms with E-state index >= 15 is 0 Å². The number of hydrogen-bond acceptors (Lipinski definition) is 4. The summed E-state index contributed by atoms with van der Waals surface area (Å²) < 4.78 is 11.4. The predicted molar refractivity (Wildman–Crippen MR) is 105 cm³/mol. The molecule has 3 rings (SSSR count). The lowest BCUT2D eigenvalue weighted by molar-refractivity contribution is -0.123. The maximum atomic E-state index is 12.1. The van der Waals surface area contributed by atoms with Crippen molar-refractivity contribution < 1.29 is 14.3 Å². The average Bonchev–Trinajstić information content (AvgIpc) is 3.48. The van der Waals surface area contributed by atoms with Crippen molar-refractivity contribution in [3.05, 3.63) is 53.7 Å². The molecule has 1 saturated carbocycles. The van der Waals surface area contributed by atoms with Gasteiger partial charge in [-0.05, 0) is 41.4 Å². The molecule has 2 aromatic rings. The van der Waals surface area contributed by atoms with Crippen LogP contribution in [0.25, 0.3) is 0 Å². The normalized spacial score (nSPS) is 13.9. The van der Waals surface area contributed by atoms with E-state index in [9.17, 15) is 4.79 Å². The molecule has 0 atom stereocenters. The zero-order chi connectivity index (χ0) is 19.3. The van der Waals surface area contributed by atoms with Crippen LogP contribution >= 0.6 is 0 Å². The fraction of sp³-hybridized carbons (Fsp3) is 0.455. The van der Waals surface area contributed by atoms with Crippen LogP contribution in [-0.4, -0.2) is 24.1 Å². The van der Waals surface area contributed by atoms with E-state index in [4.69, 9.17) is 9.47 Å². The number of rotatable bonds is 8. The van der Waals surface area contributed by atoms with Crippen molar-refractivity contribution in [1.82, 2.24) is 10.3 Å². The first-order valence-electron chi connectivity index (χ1n) is 9.48. The molecule has 1 amide bonds. The van der Waals surface area contributed by atoms with Crippen molar-refractivity contribution in [2.45, 2.75) is 45.6 Å². The van der Waals surface area contributed by atoms with E-state index in [-0.39, 0.29) is 17.9 Å². The first-order valence-corrected chi connectivity index (χ1v) is 9.48. The first-order chi connectivity index (χ1) is 12.9. The minimum absolute atomic E-state index is 0.0108. The monoisotopic (exact) mass is 368 g/mol. The summed E-state index contributed by atoms with van der Waals surface area (Å²) in [6, 6.07) is 11.6. The minimum Gasteiger partial charge on any atom is -0.483 e. The van der Waals surface area contributed by atoms with Gasteiger partial charge >= 0.3 is 0 Å². The van der Waals surface area contributed by atoms with Crippen molar-refractivity contribution in [2.75, 3.05) is 13.2 Å². The molecule has 1 aliphatic rings. The summed E-state index contributed by atoms with van der Waals surface area (Å²) in [6.07, 6.45) is 4.25. The lowest BCUT2D eigenvalue weighted by Crippen LogP contribution is -2.29. The molecule has 5 nitrogen and oxygen atoms in total. The van der Waals surface area contributed by atoms with Crippen molar-refractivity contribution >= 4 is 5.91 Å². The quantitative estimate of drug-likeness (QED) is 0.768. The Hall–Kier alpha value is -2.56. The second-order valence-electron chi connectivity index (χ2n) is 8.07. The van der Waals surface area contributed by atoms with Crippen LogP contribution in [0.15, 0.2) is 42.6 Å². The summed E-state index contributed by atoms with van der Waals surface area (Å²) in [5.41, 5.74) is 1.98. The lowest BCUT2D eigenvalue weighted by Gasteiger charge is -2.22. The summed E-state index contributed by atoms with van der Waals surface area (Å²) in [5, 5.41) is 2.86. The van der Waals surface area contributed by atoms with Crippen LogP contribution in [0.2, 0.25) is 0 Å². The average molecular weight is 368 g/mol. The molecule has 0 unspecified atom stereocenters. The molecule has 0 radical (unpaired) electrons. The number of amides is 1. The van der Waals surface area contributed by atoms with Gasteiger partial charge in [-0.25, -0.2) is 4.98 Å². The Labute approximate surface area is 161 Å². The predicted octanol–water partition coefficient (Wildman–Crippen LogP) is 3.86. The van der Waals surface area contributed by atoms with E-state index in [0.29, 0.717) is 18.3 Å². The van der Waals surface area contributed by atoms with Gasteiger partial charge in [-0.3, -0.25) is 4.79 Å². The number of para-hydroxylation sites is 1. The zero-order valence-corrected chi connectivity index (χ0v) is 16.3. The first kappa shape index (κ1) is 19.2. The third-order valence-electron chi connectivity index (χ3n) is 4.50. The fourth-order valence-electron chi connectivity index (χ4n) is 2.70. The van der Waals surface area contributed by atoms with Gasteiger partial charge in [-0.2, -0.15) is 0 Å². The third-order valence-corrected chi connectivity index (χ3v) is 4.50. The number of carbonyl (C=O) groups excluding carboxylic acids is 1. The molecule has 0 saturated heterocycles. The van der Waals surface area contributed by atoms with Crippen LogP contribution in [0.5, 0.6) is 11.6 Å². The summed E-state index contributed by atoms with van der Waals surface area (Å²) >= 11 is 0. The molecule has 0 bridgehead atoms. The number of carbonyl (C=O) groups is 1. The maximum Gasteiger partial charge on any atom is 0.258 e. The van der Waals surface area contributed by atoms with Crippen LogP contribution in [0.3, 0.4) is 0 Å². The minimum atomic E-state index is -0.159. The Morgan fingerprint density at radius 3 is 2.59 bits per heavy atom. The topological polar surface area (TPSA) is 60.5 Å². The fourth-order valence-corrected chi connectivity index (χ4v) is 2.70. The largest absolute Gasteiger partial charge is 0.483 e. The number of ether oxygens (including phenoxy) is 2. The Kier molecular flexibility index (Phi) is 5.99. The van der Waals surface area contributed by atoms with Crippen LogP contribution < -0.4 is 14.8 Å². The highest BCUT2D eigenvalue weighted by Gasteiger charge is 2.22. The summed E-state index contributed by atoms with van der Waals surface area (Å²) in [4.78, 5) is 16.4. The Balaban J connectivity index is 1.44. The van der Waals surface area contributed by atoms with E-state index in [1.807, 2.05) is 36.4 Å². The van der Waals surface area contributed by atoms with Crippen molar-refractivity contribution in [1.29, 1.82) is 0 Å². The Morgan fingerprint density at radius 2 is 1.93 bits per heavy atom. The van der Waals surface area contributed by atoms with E-state index in [0.717, 1.165) is 23.5 Å².